The van der Waals surface area contributed by atoms with Gasteiger partial charge in [0.15, 0.2) is 0 Å². The van der Waals surface area contributed by atoms with E-state index in [-0.39, 0.29) is 36.8 Å². The summed E-state index contributed by atoms with van der Waals surface area (Å²) in [6, 6.07) is 0.614. The van der Waals surface area contributed by atoms with Crippen molar-refractivity contribution in [1.82, 2.24) is 20.0 Å². The number of carbonyl (C=O) groups excluding carboxylic acids is 1. The summed E-state index contributed by atoms with van der Waals surface area (Å²) >= 11 is 0. The Morgan fingerprint density at radius 1 is 1.00 bits per heavy atom. The van der Waals surface area contributed by atoms with E-state index in [2.05, 4.69) is 15.3 Å². The maximum Gasteiger partial charge on any atom is 0.258 e. The van der Waals surface area contributed by atoms with Gasteiger partial charge < -0.3 is 15.8 Å². The summed E-state index contributed by atoms with van der Waals surface area (Å²) < 4.78 is 8.34. The molecule has 1 aromatic heterocycles. The predicted molar refractivity (Wildman–Crippen MR) is 146 cm³/mol. The molecular weight excluding hydrogens is 497 g/mol. The van der Waals surface area contributed by atoms with Crippen LogP contribution in [0.4, 0.5) is 0 Å². The minimum absolute atomic E-state index is 0. The van der Waals surface area contributed by atoms with E-state index in [1.165, 1.54) is 64.2 Å². The van der Waals surface area contributed by atoms with Crippen LogP contribution in [-0.4, -0.2) is 58.9 Å². The molecule has 1 aromatic rings. The van der Waals surface area contributed by atoms with Crippen LogP contribution in [0.1, 0.15) is 81.0 Å². The smallest absolute Gasteiger partial charge is 0.258 e. The number of nitrogens with zero attached hydrogens (tertiary/aromatic N) is 3. The minimum Gasteiger partial charge on any atom is -0.477 e. The van der Waals surface area contributed by atoms with Crippen molar-refractivity contribution in [1.29, 1.82) is 0 Å². The lowest BCUT2D eigenvalue weighted by atomic mass is 9.54. The lowest BCUT2D eigenvalue weighted by Crippen LogP contribution is -2.55. The zero-order valence-corrected chi connectivity index (χ0v) is 23.1. The van der Waals surface area contributed by atoms with Crippen LogP contribution in [-0.2, 0) is 6.54 Å². The Hall–Kier alpha value is -1.02. The van der Waals surface area contributed by atoms with E-state index in [0.717, 1.165) is 44.4 Å². The predicted octanol–water partition coefficient (Wildman–Crippen LogP) is 4.27. The van der Waals surface area contributed by atoms with E-state index < -0.39 is 0 Å². The molecule has 6 fully saturated rings. The molecule has 1 atom stereocenters. The van der Waals surface area contributed by atoms with Crippen molar-refractivity contribution in [2.45, 2.75) is 89.3 Å². The lowest BCUT2D eigenvalue weighted by Gasteiger charge is -2.54. The van der Waals surface area contributed by atoms with Gasteiger partial charge in [-0.3, -0.25) is 9.69 Å². The molecule has 5 saturated carbocycles. The summed E-state index contributed by atoms with van der Waals surface area (Å²) in [5, 5.41) is 8.11. The third-order valence-electron chi connectivity index (χ3n) is 9.68. The molecule has 1 amide bonds. The second kappa shape index (κ2) is 12.2. The van der Waals surface area contributed by atoms with Crippen LogP contribution in [0.25, 0.3) is 0 Å². The highest BCUT2D eigenvalue weighted by Crippen LogP contribution is 2.53. The first-order valence-electron chi connectivity index (χ1n) is 14.1. The Kier molecular flexibility index (Phi) is 9.51. The third kappa shape index (κ3) is 6.00. The topological polar surface area (TPSA) is 85.4 Å². The van der Waals surface area contributed by atoms with E-state index in [0.29, 0.717) is 41.8 Å². The number of ether oxygens (including phenoxy) is 1. The van der Waals surface area contributed by atoms with Gasteiger partial charge in [-0.15, -0.1) is 24.8 Å². The van der Waals surface area contributed by atoms with Gasteiger partial charge in [0.05, 0.1) is 19.3 Å². The molecule has 1 saturated heterocycles. The maximum absolute atomic E-state index is 13.6. The molecule has 0 aromatic carbocycles. The quantitative estimate of drug-likeness (QED) is 0.513. The largest absolute Gasteiger partial charge is 0.477 e. The highest BCUT2D eigenvalue weighted by molar-refractivity contribution is 5.96. The Morgan fingerprint density at radius 3 is 2.33 bits per heavy atom. The van der Waals surface area contributed by atoms with E-state index in [1.54, 1.807) is 6.20 Å². The Bertz CT molecular complexity index is 846. The molecular formula is C27H45Cl2N5O2. The normalized spacial score (nSPS) is 33.7. The monoisotopic (exact) mass is 541 g/mol. The molecule has 9 heteroatoms. The molecule has 7 nitrogen and oxygen atoms in total. The molecule has 36 heavy (non-hydrogen) atoms. The highest BCUT2D eigenvalue weighted by atomic mass is 35.5. The van der Waals surface area contributed by atoms with E-state index >= 15 is 0 Å². The van der Waals surface area contributed by atoms with Crippen molar-refractivity contribution in [2.75, 3.05) is 26.2 Å². The van der Waals surface area contributed by atoms with Gasteiger partial charge in [-0.05, 0) is 87.5 Å². The standard InChI is InChI=1S/C27H43N5O2.2ClH/c28-23-6-7-31(16-23)8-9-32-27(34-17-18-4-2-1-3-5-18)24(15-29-32)26(33)30-25-21-11-19-10-20(13-21)14-22(25)12-19;;/h15,18-23,25H,1-14,16-17,28H2,(H,30,33);2*1H/t19?,20?,21?,22?,23-,25?;;/m0../s1. The summed E-state index contributed by atoms with van der Waals surface area (Å²) in [6.45, 7) is 4.31. The Labute approximate surface area is 228 Å². The van der Waals surface area contributed by atoms with Crippen molar-refractivity contribution in [3.8, 4) is 5.88 Å². The molecule has 7 rings (SSSR count). The number of likely N-dealkylation sites (tertiary alicyclic amines) is 1. The average molecular weight is 543 g/mol. The van der Waals surface area contributed by atoms with Crippen molar-refractivity contribution >= 4 is 30.7 Å². The summed E-state index contributed by atoms with van der Waals surface area (Å²) in [4.78, 5) is 15.9. The summed E-state index contributed by atoms with van der Waals surface area (Å²) in [7, 11) is 0. The van der Waals surface area contributed by atoms with E-state index in [1.807, 2.05) is 4.68 Å². The molecule has 0 unspecified atom stereocenters. The number of nitrogens with two attached hydrogens (primary N) is 1. The first-order valence-corrected chi connectivity index (χ1v) is 14.1. The number of rotatable bonds is 8. The van der Waals surface area contributed by atoms with Gasteiger partial charge in [-0.1, -0.05) is 19.3 Å². The SMILES string of the molecule is Cl.Cl.N[C@H]1CCN(CCn2ncc(C(=O)NC3C4CC5CC(C4)CC3C5)c2OCC2CCCCC2)C1. The van der Waals surface area contributed by atoms with Crippen molar-refractivity contribution < 1.29 is 9.53 Å². The van der Waals surface area contributed by atoms with Crippen LogP contribution in [0.15, 0.2) is 6.20 Å². The van der Waals surface area contributed by atoms with E-state index in [9.17, 15) is 4.79 Å². The zero-order valence-electron chi connectivity index (χ0n) is 21.5. The van der Waals surface area contributed by atoms with Crippen LogP contribution < -0.4 is 15.8 Å². The molecule has 4 bridgehead atoms. The number of amides is 1. The number of nitrogens with one attached hydrogen (secondary N) is 1. The number of hydrogen-bond acceptors (Lipinski definition) is 5. The van der Waals surface area contributed by atoms with Gasteiger partial charge in [0.1, 0.15) is 5.56 Å². The minimum atomic E-state index is 0. The average Bonchev–Trinajstić information content (AvgIpc) is 3.44. The molecule has 6 aliphatic rings. The molecule has 0 spiro atoms. The first-order chi connectivity index (χ1) is 16.6. The third-order valence-corrected chi connectivity index (χ3v) is 9.68. The van der Waals surface area contributed by atoms with Crippen molar-refractivity contribution in [3.05, 3.63) is 11.8 Å². The van der Waals surface area contributed by atoms with Gasteiger partial charge in [0.25, 0.3) is 5.91 Å². The maximum atomic E-state index is 13.6. The van der Waals surface area contributed by atoms with Gasteiger partial charge in [-0.2, -0.15) is 5.10 Å². The zero-order chi connectivity index (χ0) is 23.1. The van der Waals surface area contributed by atoms with Crippen LogP contribution in [0.3, 0.4) is 0 Å². The van der Waals surface area contributed by atoms with Gasteiger partial charge in [0, 0.05) is 25.2 Å². The molecule has 1 aliphatic heterocycles. The lowest BCUT2D eigenvalue weighted by molar-refractivity contribution is -0.0120. The fraction of sp³-hybridized carbons (Fsp3) is 0.852. The van der Waals surface area contributed by atoms with Gasteiger partial charge in [-0.25, -0.2) is 4.68 Å². The molecule has 204 valence electrons. The van der Waals surface area contributed by atoms with Gasteiger partial charge >= 0.3 is 0 Å². The second-order valence-electron chi connectivity index (χ2n) is 12.2. The number of aromatic nitrogens is 2. The fourth-order valence-corrected chi connectivity index (χ4v) is 8.08. The molecule has 3 N–H and O–H groups in total. The summed E-state index contributed by atoms with van der Waals surface area (Å²) in [6.07, 6.45) is 15.9. The van der Waals surface area contributed by atoms with Gasteiger partial charge in [0.2, 0.25) is 5.88 Å². The Morgan fingerprint density at radius 2 is 1.69 bits per heavy atom. The second-order valence-corrected chi connectivity index (χ2v) is 12.2. The molecule has 2 heterocycles. The number of halogens is 2. The number of carbonyl (C=O) groups is 1. The molecule has 5 aliphatic carbocycles. The van der Waals surface area contributed by atoms with Crippen LogP contribution in [0.5, 0.6) is 5.88 Å². The van der Waals surface area contributed by atoms with Crippen molar-refractivity contribution in [2.24, 2.45) is 35.3 Å². The van der Waals surface area contributed by atoms with Crippen LogP contribution in [0, 0.1) is 29.6 Å². The fourth-order valence-electron chi connectivity index (χ4n) is 8.08. The first kappa shape index (κ1) is 28.0. The number of hydrogen-bond donors (Lipinski definition) is 2. The molecule has 0 radical (unpaired) electrons. The van der Waals surface area contributed by atoms with Crippen molar-refractivity contribution in [3.63, 3.8) is 0 Å². The summed E-state index contributed by atoms with van der Waals surface area (Å²) in [5.74, 6) is 4.44. The summed E-state index contributed by atoms with van der Waals surface area (Å²) in [5.41, 5.74) is 6.72. The van der Waals surface area contributed by atoms with Crippen LogP contribution in [0.2, 0.25) is 0 Å². The van der Waals surface area contributed by atoms with Crippen LogP contribution >= 0.6 is 24.8 Å². The van der Waals surface area contributed by atoms with E-state index in [4.69, 9.17) is 10.5 Å². The Balaban J connectivity index is 0.00000152. The highest BCUT2D eigenvalue weighted by Gasteiger charge is 2.48.